The Bertz CT molecular complexity index is 1040. The van der Waals surface area contributed by atoms with E-state index in [0.29, 0.717) is 17.1 Å². The van der Waals surface area contributed by atoms with Crippen molar-refractivity contribution in [3.8, 4) is 17.2 Å². The van der Waals surface area contributed by atoms with Crippen molar-refractivity contribution in [2.45, 2.75) is 26.8 Å². The Labute approximate surface area is 214 Å². The molecule has 14 heteroatoms. The minimum atomic E-state index is -0.224. The maximum Gasteiger partial charge on any atom is 0.181 e. The minimum Gasteiger partial charge on any atom is -0.506 e. The summed E-state index contributed by atoms with van der Waals surface area (Å²) in [6.07, 6.45) is 4.60. The molecule has 0 aliphatic carbocycles. The van der Waals surface area contributed by atoms with Crippen LogP contribution in [0, 0.1) is 0 Å². The normalized spacial score (nSPS) is 10.1. The molecule has 0 amide bonds. The molecule has 0 spiro atoms. The number of carbonyl (C=O) groups excluding carboxylic acids is 1. The van der Waals surface area contributed by atoms with Crippen molar-refractivity contribution in [2.75, 3.05) is 7.11 Å². The summed E-state index contributed by atoms with van der Waals surface area (Å²) in [4.78, 5) is 22.0. The number of Topliss-reactive ketones (excluding diaryl/α,β-unsaturated/α-hetero) is 1. The molecule has 13 nitrogen and oxygen atoms in total. The number of aromatic nitrogens is 3. The first kappa shape index (κ1) is 36.7. The Hall–Kier alpha value is -3.88. The Morgan fingerprint density at radius 2 is 1.22 bits per heavy atom. The highest BCUT2D eigenvalue weighted by atomic mass is 35.5. The second-order valence-electron chi connectivity index (χ2n) is 6.18. The van der Waals surface area contributed by atoms with Crippen LogP contribution in [0.15, 0.2) is 60.1 Å². The Morgan fingerprint density at radius 1 is 0.833 bits per heavy atom. The monoisotopic (exact) mass is 528 g/mol. The molecule has 10 N–H and O–H groups in total. The van der Waals surface area contributed by atoms with Crippen molar-refractivity contribution >= 4 is 23.9 Å². The molecular weight excluding hydrogens is 496 g/mol. The van der Waals surface area contributed by atoms with E-state index in [-0.39, 0.29) is 47.2 Å². The quantitative estimate of drug-likeness (QED) is 0.105. The molecule has 36 heavy (non-hydrogen) atoms. The van der Waals surface area contributed by atoms with Gasteiger partial charge in [0.15, 0.2) is 5.78 Å². The summed E-state index contributed by atoms with van der Waals surface area (Å²) in [5.74, 6) is 3.40. The summed E-state index contributed by atoms with van der Waals surface area (Å²) in [5, 5.41) is 52.1. The maximum atomic E-state index is 10.6. The zero-order chi connectivity index (χ0) is 27.4. The number of nitrogens with two attached hydrogens (primary N) is 2. The van der Waals surface area contributed by atoms with Crippen molar-refractivity contribution in [1.29, 1.82) is 0 Å². The van der Waals surface area contributed by atoms with Gasteiger partial charge < -0.3 is 36.6 Å². The highest BCUT2D eigenvalue weighted by molar-refractivity contribution is 5.98. The number of carbonyl (C=O) groups is 1. The van der Waals surface area contributed by atoms with Crippen LogP contribution in [0.2, 0.25) is 0 Å². The molecule has 0 bridgehead atoms. The molecule has 200 valence electrons. The number of oxime groups is 1. The summed E-state index contributed by atoms with van der Waals surface area (Å²) in [6, 6.07) is 9.13. The van der Waals surface area contributed by atoms with Crippen LogP contribution in [0.3, 0.4) is 0 Å². The number of hydrogen-bond donors (Lipinski definition) is 8. The van der Waals surface area contributed by atoms with Gasteiger partial charge in [0, 0.05) is 38.7 Å². The van der Waals surface area contributed by atoms with Crippen LogP contribution in [0.25, 0.3) is 0 Å². The van der Waals surface area contributed by atoms with Gasteiger partial charge in [-0.05, 0) is 50.2 Å². The van der Waals surface area contributed by atoms with Crippen LogP contribution < -0.4 is 11.6 Å². The molecule has 3 rings (SSSR count). The van der Waals surface area contributed by atoms with Gasteiger partial charge in [-0.25, -0.2) is 10.9 Å². The number of hydrogen-bond acceptors (Lipinski definition) is 13. The summed E-state index contributed by atoms with van der Waals surface area (Å²) in [6.45, 7) is 4.70. The minimum absolute atomic E-state index is 0. The highest BCUT2D eigenvalue weighted by Gasteiger charge is 2.05. The summed E-state index contributed by atoms with van der Waals surface area (Å²) in [5.41, 5.74) is 6.76. The molecule has 1 atom stereocenters. The fraction of sp³-hybridized carbons (Fsp3) is 0.227. The standard InChI is InChI=1S/C7H8N2O2.C7H10N2O.C7H7NO2.CH4O.ClH.H3NO/c1-5(9-11)7-6(10)3-2-4-8-7;1-5(8)7-6(10)3-2-4-9-7;1-5(9)7-6(10)3-2-4-8-7;1-2;;1-2/h2-4,10-11H,1H3;2-5,10H,8H2,1H3;2-4,10H,1H3;2H,1H3;1H;2H,1H2/b9-5+;;;;;. The maximum absolute atomic E-state index is 10.6. The number of aromatic hydroxyl groups is 3. The fourth-order valence-electron chi connectivity index (χ4n) is 2.15. The number of aliphatic hydroxyl groups is 1. The predicted octanol–water partition coefficient (Wildman–Crippen LogP) is 2.15. The average Bonchev–Trinajstić information content (AvgIpc) is 2.87. The molecule has 0 saturated carbocycles. The van der Waals surface area contributed by atoms with Gasteiger partial charge >= 0.3 is 0 Å². The number of halogens is 1. The van der Waals surface area contributed by atoms with E-state index in [9.17, 15) is 4.79 Å². The second-order valence-corrected chi connectivity index (χ2v) is 6.18. The third-order valence-corrected chi connectivity index (χ3v) is 3.65. The van der Waals surface area contributed by atoms with Gasteiger partial charge in [-0.3, -0.25) is 14.8 Å². The van der Waals surface area contributed by atoms with Gasteiger partial charge in [0.05, 0.1) is 5.69 Å². The topological polar surface area (TPSA) is 242 Å². The SMILES string of the molecule is C/C(=N\O)c1ncccc1O.CC(=O)c1ncccc1O.CC(N)c1ncccc1O.CO.Cl.NO. The Kier molecular flexibility index (Phi) is 22.1. The van der Waals surface area contributed by atoms with Gasteiger partial charge in [-0.1, -0.05) is 5.16 Å². The van der Waals surface area contributed by atoms with E-state index in [4.69, 9.17) is 36.6 Å². The Morgan fingerprint density at radius 3 is 1.50 bits per heavy atom. The summed E-state index contributed by atoms with van der Waals surface area (Å²) >= 11 is 0. The third-order valence-electron chi connectivity index (χ3n) is 3.65. The number of ketones is 1. The smallest absolute Gasteiger partial charge is 0.181 e. The number of nitrogens with zero attached hydrogens (tertiary/aromatic N) is 4. The molecule has 0 aromatic carbocycles. The highest BCUT2D eigenvalue weighted by Crippen LogP contribution is 2.17. The molecular formula is C22H33ClN6O7. The lowest BCUT2D eigenvalue weighted by Gasteiger charge is -2.04. The van der Waals surface area contributed by atoms with Crippen molar-refractivity contribution in [3.63, 3.8) is 0 Å². The molecule has 0 saturated heterocycles. The van der Waals surface area contributed by atoms with Gasteiger partial charge in [-0.2, -0.15) is 0 Å². The lowest BCUT2D eigenvalue weighted by Crippen LogP contribution is -2.06. The van der Waals surface area contributed by atoms with Gasteiger partial charge in [0.25, 0.3) is 0 Å². The van der Waals surface area contributed by atoms with Crippen molar-refractivity contribution in [2.24, 2.45) is 16.8 Å². The van der Waals surface area contributed by atoms with Crippen LogP contribution >= 0.6 is 12.4 Å². The second kappa shape index (κ2) is 21.6. The molecule has 3 heterocycles. The third kappa shape index (κ3) is 13.7. The molecule has 3 aromatic heterocycles. The van der Waals surface area contributed by atoms with E-state index in [0.717, 1.165) is 7.11 Å². The fourth-order valence-corrected chi connectivity index (χ4v) is 2.15. The van der Waals surface area contributed by atoms with Crippen molar-refractivity contribution in [1.82, 2.24) is 15.0 Å². The van der Waals surface area contributed by atoms with E-state index in [1.165, 1.54) is 31.5 Å². The summed E-state index contributed by atoms with van der Waals surface area (Å²) in [7, 11) is 1.00. The van der Waals surface area contributed by atoms with Crippen LogP contribution in [-0.4, -0.2) is 64.4 Å². The van der Waals surface area contributed by atoms with Crippen LogP contribution in [0.1, 0.15) is 48.7 Å². The predicted molar refractivity (Wildman–Crippen MR) is 136 cm³/mol. The number of rotatable bonds is 3. The van der Waals surface area contributed by atoms with Gasteiger partial charge in [0.2, 0.25) is 0 Å². The largest absolute Gasteiger partial charge is 0.506 e. The van der Waals surface area contributed by atoms with Crippen molar-refractivity contribution in [3.05, 3.63) is 72.1 Å². The average molecular weight is 529 g/mol. The molecule has 1 unspecified atom stereocenters. The van der Waals surface area contributed by atoms with E-state index < -0.39 is 0 Å². The molecule has 0 aliphatic rings. The number of pyridine rings is 3. The van der Waals surface area contributed by atoms with Gasteiger partial charge in [-0.15, -0.1) is 12.4 Å². The zero-order valence-electron chi connectivity index (χ0n) is 20.2. The molecule has 0 aliphatic heterocycles. The summed E-state index contributed by atoms with van der Waals surface area (Å²) < 4.78 is 0. The lowest BCUT2D eigenvalue weighted by molar-refractivity contribution is 0.101. The first-order chi connectivity index (χ1) is 16.7. The first-order valence-electron chi connectivity index (χ1n) is 9.76. The number of aliphatic hydroxyl groups excluding tert-OH is 1. The zero-order valence-corrected chi connectivity index (χ0v) is 21.0. The van der Waals surface area contributed by atoms with Crippen LogP contribution in [0.4, 0.5) is 0 Å². The first-order valence-corrected chi connectivity index (χ1v) is 9.76. The molecule has 0 fully saturated rings. The van der Waals surface area contributed by atoms with Crippen LogP contribution in [0.5, 0.6) is 17.2 Å². The Balaban J connectivity index is -0.000000418. The van der Waals surface area contributed by atoms with E-state index >= 15 is 0 Å². The molecule has 3 aromatic rings. The lowest BCUT2D eigenvalue weighted by atomic mass is 10.2. The molecule has 0 radical (unpaired) electrons. The van der Waals surface area contributed by atoms with E-state index in [1.54, 1.807) is 44.3 Å². The van der Waals surface area contributed by atoms with E-state index in [2.05, 4.69) is 26.0 Å². The van der Waals surface area contributed by atoms with E-state index in [1.807, 2.05) is 0 Å². The van der Waals surface area contributed by atoms with Crippen molar-refractivity contribution < 1.29 is 35.6 Å². The van der Waals surface area contributed by atoms with Gasteiger partial charge in [0.1, 0.15) is 34.3 Å². The van der Waals surface area contributed by atoms with Crippen LogP contribution in [-0.2, 0) is 0 Å².